The number of aryl methyl sites for hydroxylation is 3. The van der Waals surface area contributed by atoms with E-state index in [1.54, 1.807) is 15.4 Å². The lowest BCUT2D eigenvalue weighted by Gasteiger charge is -2.03. The van der Waals surface area contributed by atoms with Crippen molar-refractivity contribution in [2.75, 3.05) is 0 Å². The fourth-order valence-corrected chi connectivity index (χ4v) is 2.54. The maximum Gasteiger partial charge on any atom is 0.178 e. The number of hydrogen-bond acceptors (Lipinski definition) is 2. The summed E-state index contributed by atoms with van der Waals surface area (Å²) in [5.41, 5.74) is 1.72. The second-order valence-electron chi connectivity index (χ2n) is 4.64. The Morgan fingerprint density at radius 1 is 1.35 bits per heavy atom. The molecule has 1 aromatic carbocycles. The highest BCUT2D eigenvalue weighted by molar-refractivity contribution is 7.71. The normalized spacial score (nSPS) is 11.3. The number of hydrogen-bond donors (Lipinski definition) is 1. The topological polar surface area (TPSA) is 38.5 Å². The molecule has 0 atom stereocenters. The van der Waals surface area contributed by atoms with Gasteiger partial charge >= 0.3 is 0 Å². The van der Waals surface area contributed by atoms with Crippen molar-refractivity contribution in [2.45, 2.75) is 13.0 Å². The van der Waals surface area contributed by atoms with Crippen molar-refractivity contribution in [1.29, 1.82) is 0 Å². The van der Waals surface area contributed by atoms with E-state index in [1.165, 1.54) is 6.07 Å². The van der Waals surface area contributed by atoms with Gasteiger partial charge in [0, 0.05) is 25.9 Å². The van der Waals surface area contributed by atoms with Crippen LogP contribution in [0.3, 0.4) is 0 Å². The summed E-state index contributed by atoms with van der Waals surface area (Å²) in [6.45, 7) is 0.535. The van der Waals surface area contributed by atoms with Crippen LogP contribution in [0.15, 0.2) is 24.5 Å². The van der Waals surface area contributed by atoms with Crippen molar-refractivity contribution in [3.63, 3.8) is 0 Å². The van der Waals surface area contributed by atoms with Crippen LogP contribution < -0.4 is 0 Å². The van der Waals surface area contributed by atoms with Crippen molar-refractivity contribution in [1.82, 2.24) is 19.3 Å². The number of H-pyrrole nitrogens is 1. The van der Waals surface area contributed by atoms with E-state index in [0.29, 0.717) is 23.3 Å². The van der Waals surface area contributed by atoms with Crippen molar-refractivity contribution < 1.29 is 8.78 Å². The standard InChI is InChI=1S/C13H12F2N4S/c1-18-7-8(6-16-18)2-3-19-11-5-9(14)4-10(15)12(11)17-13(19)20/h4-7H,2-3H2,1H3,(H,17,20). The van der Waals surface area contributed by atoms with E-state index in [0.717, 1.165) is 11.6 Å². The number of benzene rings is 1. The molecule has 0 bridgehead atoms. The molecule has 0 aliphatic heterocycles. The third kappa shape index (κ3) is 2.24. The molecule has 3 aromatic rings. The molecule has 0 aliphatic carbocycles. The minimum absolute atomic E-state index is 0.239. The van der Waals surface area contributed by atoms with Gasteiger partial charge in [0.1, 0.15) is 11.3 Å². The fourth-order valence-electron chi connectivity index (χ4n) is 2.24. The van der Waals surface area contributed by atoms with Gasteiger partial charge in [0.25, 0.3) is 0 Å². The predicted octanol–water partition coefficient (Wildman–Crippen LogP) is 2.95. The number of imidazole rings is 1. The molecule has 0 fully saturated rings. The second kappa shape index (κ2) is 4.82. The lowest BCUT2D eigenvalue weighted by Crippen LogP contribution is -2.01. The average Bonchev–Trinajstić information content (AvgIpc) is 2.91. The molecule has 0 saturated heterocycles. The number of nitrogens with zero attached hydrogens (tertiary/aromatic N) is 3. The lowest BCUT2D eigenvalue weighted by molar-refractivity contribution is 0.589. The molecule has 3 rings (SSSR count). The average molecular weight is 294 g/mol. The summed E-state index contributed by atoms with van der Waals surface area (Å²) in [6, 6.07) is 2.13. The number of nitrogens with one attached hydrogen (secondary N) is 1. The predicted molar refractivity (Wildman–Crippen MR) is 74.0 cm³/mol. The molecule has 0 saturated carbocycles. The zero-order valence-electron chi connectivity index (χ0n) is 10.7. The molecule has 0 unspecified atom stereocenters. The molecular weight excluding hydrogens is 282 g/mol. The third-order valence-electron chi connectivity index (χ3n) is 3.18. The summed E-state index contributed by atoms with van der Waals surface area (Å²) >= 11 is 5.17. The number of rotatable bonds is 3. The quantitative estimate of drug-likeness (QED) is 0.754. The molecular formula is C13H12F2N4S. The first-order valence-electron chi connectivity index (χ1n) is 6.09. The van der Waals surface area contributed by atoms with Crippen molar-refractivity contribution in [3.05, 3.63) is 46.5 Å². The first-order valence-corrected chi connectivity index (χ1v) is 6.50. The summed E-state index contributed by atoms with van der Waals surface area (Å²) in [5, 5.41) is 4.08. The molecule has 0 spiro atoms. The van der Waals surface area contributed by atoms with Crippen LogP contribution in [0.2, 0.25) is 0 Å². The fraction of sp³-hybridized carbons (Fsp3) is 0.231. The molecule has 2 aromatic heterocycles. The van der Waals surface area contributed by atoms with E-state index in [2.05, 4.69) is 10.1 Å². The lowest BCUT2D eigenvalue weighted by atomic mass is 10.2. The van der Waals surface area contributed by atoms with Gasteiger partial charge in [-0.15, -0.1) is 0 Å². The van der Waals surface area contributed by atoms with Crippen LogP contribution in [0.25, 0.3) is 11.0 Å². The molecule has 7 heteroatoms. The highest BCUT2D eigenvalue weighted by Crippen LogP contribution is 2.19. The van der Waals surface area contributed by atoms with Crippen LogP contribution in [-0.4, -0.2) is 19.3 Å². The zero-order valence-corrected chi connectivity index (χ0v) is 11.5. The Morgan fingerprint density at radius 2 is 2.15 bits per heavy atom. The highest BCUT2D eigenvalue weighted by atomic mass is 32.1. The van der Waals surface area contributed by atoms with E-state index < -0.39 is 11.6 Å². The largest absolute Gasteiger partial charge is 0.328 e. The van der Waals surface area contributed by atoms with Gasteiger partial charge in [-0.2, -0.15) is 5.10 Å². The first-order chi connectivity index (χ1) is 9.54. The van der Waals surface area contributed by atoms with Gasteiger partial charge in [0.05, 0.1) is 11.7 Å². The van der Waals surface area contributed by atoms with Gasteiger partial charge in [-0.05, 0) is 30.3 Å². The van der Waals surface area contributed by atoms with Gasteiger partial charge in [-0.25, -0.2) is 8.78 Å². The Kier molecular flexibility index (Phi) is 3.13. The monoisotopic (exact) mass is 294 g/mol. The van der Waals surface area contributed by atoms with Gasteiger partial charge in [0.2, 0.25) is 0 Å². The number of aromatic nitrogens is 4. The van der Waals surface area contributed by atoms with E-state index in [-0.39, 0.29) is 5.52 Å². The minimum Gasteiger partial charge on any atom is -0.328 e. The van der Waals surface area contributed by atoms with Crippen molar-refractivity contribution in [2.24, 2.45) is 7.05 Å². The Bertz CT molecular complexity index is 831. The molecule has 2 heterocycles. The van der Waals surface area contributed by atoms with Gasteiger partial charge in [0.15, 0.2) is 10.6 Å². The first kappa shape index (κ1) is 13.0. The molecule has 0 amide bonds. The molecule has 1 N–H and O–H groups in total. The van der Waals surface area contributed by atoms with Crippen LogP contribution in [0.1, 0.15) is 5.56 Å². The van der Waals surface area contributed by atoms with Gasteiger partial charge in [-0.3, -0.25) is 4.68 Å². The van der Waals surface area contributed by atoms with E-state index in [1.807, 2.05) is 13.2 Å². The summed E-state index contributed by atoms with van der Waals surface area (Å²) in [5.74, 6) is -1.25. The molecule has 104 valence electrons. The highest BCUT2D eigenvalue weighted by Gasteiger charge is 2.11. The second-order valence-corrected chi connectivity index (χ2v) is 5.02. The molecule has 0 aliphatic rings. The van der Waals surface area contributed by atoms with E-state index in [4.69, 9.17) is 12.2 Å². The summed E-state index contributed by atoms with van der Waals surface area (Å²) < 4.78 is 30.8. The van der Waals surface area contributed by atoms with E-state index >= 15 is 0 Å². The molecule has 4 nitrogen and oxygen atoms in total. The Balaban J connectivity index is 1.98. The third-order valence-corrected chi connectivity index (χ3v) is 3.51. The maximum atomic E-state index is 13.7. The van der Waals surface area contributed by atoms with Crippen LogP contribution in [0.5, 0.6) is 0 Å². The number of aromatic amines is 1. The molecule has 20 heavy (non-hydrogen) atoms. The minimum atomic E-state index is -0.633. The Morgan fingerprint density at radius 3 is 2.85 bits per heavy atom. The maximum absolute atomic E-state index is 13.7. The van der Waals surface area contributed by atoms with Crippen molar-refractivity contribution in [3.8, 4) is 0 Å². The van der Waals surface area contributed by atoms with E-state index in [9.17, 15) is 8.78 Å². The van der Waals surface area contributed by atoms with Gasteiger partial charge in [-0.1, -0.05) is 0 Å². The Hall–Kier alpha value is -2.02. The molecule has 0 radical (unpaired) electrons. The number of halogens is 2. The summed E-state index contributed by atoms with van der Waals surface area (Å²) in [4.78, 5) is 2.78. The summed E-state index contributed by atoms with van der Waals surface area (Å²) in [6.07, 6.45) is 4.35. The van der Waals surface area contributed by atoms with Crippen LogP contribution in [0.4, 0.5) is 8.78 Å². The zero-order chi connectivity index (χ0) is 14.3. The van der Waals surface area contributed by atoms with Crippen LogP contribution in [0, 0.1) is 16.4 Å². The van der Waals surface area contributed by atoms with Crippen LogP contribution in [-0.2, 0) is 20.0 Å². The summed E-state index contributed by atoms with van der Waals surface area (Å²) in [7, 11) is 1.84. The smallest absolute Gasteiger partial charge is 0.178 e. The van der Waals surface area contributed by atoms with Gasteiger partial charge < -0.3 is 9.55 Å². The van der Waals surface area contributed by atoms with Crippen molar-refractivity contribution >= 4 is 23.3 Å². The van der Waals surface area contributed by atoms with Crippen LogP contribution >= 0.6 is 12.2 Å². The Labute approximate surface area is 118 Å². The number of fused-ring (bicyclic) bond motifs is 1. The SMILES string of the molecule is Cn1cc(CCn2c(=S)[nH]c3c(F)cc(F)cc32)cn1.